The van der Waals surface area contributed by atoms with E-state index in [1.54, 1.807) is 26.2 Å². The molecule has 0 aliphatic heterocycles. The predicted octanol–water partition coefficient (Wildman–Crippen LogP) is 3.07. The first-order valence-electron chi connectivity index (χ1n) is 6.43. The summed E-state index contributed by atoms with van der Waals surface area (Å²) in [7, 11) is 0. The summed E-state index contributed by atoms with van der Waals surface area (Å²) in [5.41, 5.74) is -0.448. The second kappa shape index (κ2) is 5.32. The molecule has 0 unspecified atom stereocenters. The monoisotopic (exact) mass is 320 g/mol. The summed E-state index contributed by atoms with van der Waals surface area (Å²) in [5.74, 6) is 0. The molecule has 2 heterocycles. The molecule has 2 rings (SSSR count). The summed E-state index contributed by atoms with van der Waals surface area (Å²) in [6, 6.07) is -0.411. The lowest BCUT2D eigenvalue weighted by Crippen LogP contribution is -2.41. The molecule has 0 aliphatic carbocycles. The summed E-state index contributed by atoms with van der Waals surface area (Å²) in [5, 5.41) is 2.01. The highest BCUT2D eigenvalue weighted by molar-refractivity contribution is 7.17. The van der Waals surface area contributed by atoms with E-state index in [1.807, 2.05) is 0 Å². The standard InChI is InChI=1S/C13H15F3N2O2S/c1-7(2)18-10(19)9-8(3)6-21-11(9)17(12(18)20)5-4-13(14,15)16/h6-7H,4-5H2,1-3H3. The van der Waals surface area contributed by atoms with Gasteiger partial charge in [-0.3, -0.25) is 13.9 Å². The fraction of sp³-hybridized carbons (Fsp3) is 0.538. The van der Waals surface area contributed by atoms with E-state index in [2.05, 4.69) is 0 Å². The predicted molar refractivity (Wildman–Crippen MR) is 76.1 cm³/mol. The SMILES string of the molecule is Cc1csc2c1c(=O)n(C(C)C)c(=O)n2CCC(F)(F)F. The number of halogens is 3. The fourth-order valence-corrected chi connectivity index (χ4v) is 3.27. The van der Waals surface area contributed by atoms with Gasteiger partial charge in [0.1, 0.15) is 4.83 Å². The van der Waals surface area contributed by atoms with Gasteiger partial charge in [-0.1, -0.05) is 0 Å². The molecule has 0 saturated heterocycles. The van der Waals surface area contributed by atoms with E-state index >= 15 is 0 Å². The van der Waals surface area contributed by atoms with E-state index < -0.39 is 36.4 Å². The smallest absolute Gasteiger partial charge is 0.284 e. The van der Waals surface area contributed by atoms with Gasteiger partial charge in [0, 0.05) is 12.6 Å². The summed E-state index contributed by atoms with van der Waals surface area (Å²) in [6.07, 6.45) is -5.45. The molecule has 0 fully saturated rings. The average molecular weight is 320 g/mol. The summed E-state index contributed by atoms with van der Waals surface area (Å²) < 4.78 is 39.4. The molecule has 0 amide bonds. The molecule has 0 aliphatic rings. The Morgan fingerprint density at radius 2 is 1.90 bits per heavy atom. The third kappa shape index (κ3) is 2.90. The van der Waals surface area contributed by atoms with Crippen LogP contribution in [0.2, 0.25) is 0 Å². The Morgan fingerprint density at radius 1 is 1.29 bits per heavy atom. The zero-order valence-corrected chi connectivity index (χ0v) is 12.6. The van der Waals surface area contributed by atoms with Crippen molar-refractivity contribution in [2.24, 2.45) is 0 Å². The van der Waals surface area contributed by atoms with Gasteiger partial charge in [-0.15, -0.1) is 11.3 Å². The highest BCUT2D eigenvalue weighted by Crippen LogP contribution is 2.24. The lowest BCUT2D eigenvalue weighted by molar-refractivity contribution is -0.136. The summed E-state index contributed by atoms with van der Waals surface area (Å²) >= 11 is 1.12. The maximum Gasteiger partial charge on any atom is 0.390 e. The minimum absolute atomic E-state index is 0.309. The molecule has 116 valence electrons. The Bertz CT molecular complexity index is 784. The van der Waals surface area contributed by atoms with Crippen molar-refractivity contribution in [3.8, 4) is 0 Å². The third-order valence-corrected chi connectivity index (χ3v) is 4.32. The van der Waals surface area contributed by atoms with Crippen molar-refractivity contribution in [1.29, 1.82) is 0 Å². The van der Waals surface area contributed by atoms with Crippen LogP contribution < -0.4 is 11.2 Å². The highest BCUT2D eigenvalue weighted by Gasteiger charge is 2.28. The molecule has 2 aromatic heterocycles. The first-order chi connectivity index (χ1) is 9.63. The van der Waals surface area contributed by atoms with Crippen molar-refractivity contribution in [3.05, 3.63) is 31.8 Å². The van der Waals surface area contributed by atoms with Gasteiger partial charge in [0.2, 0.25) is 0 Å². The van der Waals surface area contributed by atoms with Crippen molar-refractivity contribution in [2.75, 3.05) is 0 Å². The van der Waals surface area contributed by atoms with Gasteiger partial charge in [0.05, 0.1) is 11.8 Å². The topological polar surface area (TPSA) is 44.0 Å². The van der Waals surface area contributed by atoms with E-state index in [1.165, 1.54) is 0 Å². The van der Waals surface area contributed by atoms with Crippen LogP contribution in [0.4, 0.5) is 13.2 Å². The van der Waals surface area contributed by atoms with Crippen molar-refractivity contribution < 1.29 is 13.2 Å². The Balaban J connectivity index is 2.74. The first-order valence-corrected chi connectivity index (χ1v) is 7.31. The zero-order chi connectivity index (χ0) is 15.9. The van der Waals surface area contributed by atoms with Crippen LogP contribution in [0.3, 0.4) is 0 Å². The highest BCUT2D eigenvalue weighted by atomic mass is 32.1. The lowest BCUT2D eigenvalue weighted by atomic mass is 10.2. The number of rotatable bonds is 3. The molecule has 0 bridgehead atoms. The largest absolute Gasteiger partial charge is 0.390 e. The molecule has 4 nitrogen and oxygen atoms in total. The van der Waals surface area contributed by atoms with Crippen molar-refractivity contribution >= 4 is 21.6 Å². The molecule has 0 atom stereocenters. The number of alkyl halides is 3. The van der Waals surface area contributed by atoms with Crippen LogP contribution in [-0.4, -0.2) is 15.3 Å². The second-order valence-electron chi connectivity index (χ2n) is 5.17. The van der Waals surface area contributed by atoms with Crippen LogP contribution in [0.5, 0.6) is 0 Å². The molecule has 0 radical (unpaired) electrons. The molecular weight excluding hydrogens is 305 g/mol. The van der Waals surface area contributed by atoms with E-state index in [4.69, 9.17) is 0 Å². The first kappa shape index (κ1) is 15.8. The number of aromatic nitrogens is 2. The summed E-state index contributed by atoms with van der Waals surface area (Å²) in [4.78, 5) is 25.0. The van der Waals surface area contributed by atoms with E-state index in [0.29, 0.717) is 15.8 Å². The van der Waals surface area contributed by atoms with Gasteiger partial charge in [-0.05, 0) is 31.7 Å². The van der Waals surface area contributed by atoms with Crippen LogP contribution >= 0.6 is 11.3 Å². The van der Waals surface area contributed by atoms with Crippen molar-refractivity contribution in [1.82, 2.24) is 9.13 Å². The lowest BCUT2D eigenvalue weighted by Gasteiger charge is -2.15. The number of aryl methyl sites for hydroxylation is 2. The average Bonchev–Trinajstić information content (AvgIpc) is 2.69. The molecule has 8 heteroatoms. The van der Waals surface area contributed by atoms with E-state index in [0.717, 1.165) is 20.5 Å². The number of hydrogen-bond donors (Lipinski definition) is 0. The van der Waals surface area contributed by atoms with Gasteiger partial charge in [-0.2, -0.15) is 13.2 Å². The molecular formula is C13H15F3N2O2S. The quantitative estimate of drug-likeness (QED) is 0.872. The van der Waals surface area contributed by atoms with Gasteiger partial charge in [-0.25, -0.2) is 4.79 Å². The number of fused-ring (bicyclic) bond motifs is 1. The molecule has 21 heavy (non-hydrogen) atoms. The molecule has 2 aromatic rings. The fourth-order valence-electron chi connectivity index (χ4n) is 2.20. The number of nitrogens with zero attached hydrogens (tertiary/aromatic N) is 2. The Labute approximate surface area is 122 Å². The van der Waals surface area contributed by atoms with Crippen LogP contribution in [0.1, 0.15) is 31.9 Å². The summed E-state index contributed by atoms with van der Waals surface area (Å²) in [6.45, 7) is 4.55. The van der Waals surface area contributed by atoms with Gasteiger partial charge >= 0.3 is 11.9 Å². The number of thiophene rings is 1. The van der Waals surface area contributed by atoms with Crippen LogP contribution in [0, 0.1) is 6.92 Å². The third-order valence-electron chi connectivity index (χ3n) is 3.21. The minimum atomic E-state index is -4.35. The Kier molecular flexibility index (Phi) is 4.01. The number of hydrogen-bond acceptors (Lipinski definition) is 3. The van der Waals surface area contributed by atoms with E-state index in [9.17, 15) is 22.8 Å². The molecule has 0 spiro atoms. The Morgan fingerprint density at radius 3 is 2.43 bits per heavy atom. The van der Waals surface area contributed by atoms with Gasteiger partial charge in [0.15, 0.2) is 0 Å². The maximum atomic E-state index is 12.4. The van der Waals surface area contributed by atoms with Gasteiger partial charge in [0.25, 0.3) is 5.56 Å². The second-order valence-corrected chi connectivity index (χ2v) is 6.03. The van der Waals surface area contributed by atoms with E-state index in [-0.39, 0.29) is 0 Å². The molecule has 0 N–H and O–H groups in total. The van der Waals surface area contributed by atoms with Crippen LogP contribution in [0.15, 0.2) is 15.0 Å². The van der Waals surface area contributed by atoms with Crippen LogP contribution in [0.25, 0.3) is 10.2 Å². The van der Waals surface area contributed by atoms with Gasteiger partial charge < -0.3 is 0 Å². The van der Waals surface area contributed by atoms with Crippen LogP contribution in [-0.2, 0) is 6.54 Å². The van der Waals surface area contributed by atoms with Crippen molar-refractivity contribution in [2.45, 2.75) is 46.0 Å². The Hall–Kier alpha value is -1.57. The zero-order valence-electron chi connectivity index (χ0n) is 11.8. The normalized spacial score (nSPS) is 12.5. The maximum absolute atomic E-state index is 12.4. The van der Waals surface area contributed by atoms with Crippen molar-refractivity contribution in [3.63, 3.8) is 0 Å². The molecule has 0 aromatic carbocycles. The molecule has 0 saturated carbocycles. The minimum Gasteiger partial charge on any atom is -0.284 e.